The van der Waals surface area contributed by atoms with Crippen molar-refractivity contribution in [3.05, 3.63) is 35.3 Å². The van der Waals surface area contributed by atoms with Crippen LogP contribution in [0, 0.1) is 6.92 Å². The molecule has 3 rings (SSSR count). The van der Waals surface area contributed by atoms with Crippen molar-refractivity contribution < 1.29 is 4.42 Å². The summed E-state index contributed by atoms with van der Waals surface area (Å²) in [5, 5.41) is 7.45. The van der Waals surface area contributed by atoms with Gasteiger partial charge in [-0.05, 0) is 32.4 Å². The fraction of sp³-hybridized carbons (Fsp3) is 0.600. The first-order chi connectivity index (χ1) is 9.74. The Labute approximate surface area is 119 Å². The van der Waals surface area contributed by atoms with Crippen LogP contribution < -0.4 is 0 Å². The number of aromatic nitrogens is 3. The molecule has 0 amide bonds. The molecule has 1 N–H and O–H groups in total. The summed E-state index contributed by atoms with van der Waals surface area (Å²) < 4.78 is 5.71. The number of nitrogens with one attached hydrogen (secondary N) is 1. The zero-order valence-corrected chi connectivity index (χ0v) is 12.2. The highest BCUT2D eigenvalue weighted by atomic mass is 16.4. The maximum absolute atomic E-state index is 5.71. The first-order valence-corrected chi connectivity index (χ1v) is 7.42. The standard InChI is InChI=1S/C15H22N4O/c1-3-13-8-16-15(20-13)10-19-6-4-5-12(9-19)14-7-11(2)17-18-14/h7-8,12H,3-6,9-10H2,1-2H3,(H,17,18). The van der Waals surface area contributed by atoms with Crippen LogP contribution >= 0.6 is 0 Å². The van der Waals surface area contributed by atoms with E-state index in [1.807, 2.05) is 6.20 Å². The predicted molar refractivity (Wildman–Crippen MR) is 76.5 cm³/mol. The Balaban J connectivity index is 1.63. The molecule has 1 atom stereocenters. The van der Waals surface area contributed by atoms with E-state index in [0.717, 1.165) is 43.4 Å². The number of rotatable bonds is 4. The Bertz CT molecular complexity index is 560. The van der Waals surface area contributed by atoms with E-state index in [1.165, 1.54) is 18.5 Å². The lowest BCUT2D eigenvalue weighted by Crippen LogP contribution is -2.34. The Kier molecular flexibility index (Phi) is 3.87. The smallest absolute Gasteiger partial charge is 0.208 e. The van der Waals surface area contributed by atoms with Gasteiger partial charge in [0.2, 0.25) is 5.89 Å². The molecule has 1 aliphatic rings. The number of nitrogens with zero attached hydrogens (tertiary/aromatic N) is 3. The maximum Gasteiger partial charge on any atom is 0.208 e. The van der Waals surface area contributed by atoms with Crippen molar-refractivity contribution >= 4 is 0 Å². The number of aromatic amines is 1. The molecule has 0 bridgehead atoms. The van der Waals surface area contributed by atoms with Crippen LogP contribution in [0.4, 0.5) is 0 Å². The maximum atomic E-state index is 5.71. The predicted octanol–water partition coefficient (Wildman–Crippen LogP) is 2.65. The van der Waals surface area contributed by atoms with Gasteiger partial charge in [0.1, 0.15) is 5.76 Å². The van der Waals surface area contributed by atoms with Crippen LogP contribution in [0.15, 0.2) is 16.7 Å². The summed E-state index contributed by atoms with van der Waals surface area (Å²) in [5.74, 6) is 2.33. The van der Waals surface area contributed by atoms with Gasteiger partial charge in [0, 0.05) is 24.6 Å². The molecule has 1 aliphatic heterocycles. The van der Waals surface area contributed by atoms with Gasteiger partial charge < -0.3 is 4.42 Å². The first kappa shape index (κ1) is 13.4. The van der Waals surface area contributed by atoms with E-state index < -0.39 is 0 Å². The van der Waals surface area contributed by atoms with Crippen LogP contribution in [0.25, 0.3) is 0 Å². The fourth-order valence-corrected chi connectivity index (χ4v) is 2.86. The van der Waals surface area contributed by atoms with Crippen molar-refractivity contribution in [2.75, 3.05) is 13.1 Å². The molecule has 0 spiro atoms. The minimum Gasteiger partial charge on any atom is -0.444 e. The van der Waals surface area contributed by atoms with Gasteiger partial charge in [-0.3, -0.25) is 10.00 Å². The van der Waals surface area contributed by atoms with Crippen LogP contribution in [0.5, 0.6) is 0 Å². The molecule has 5 nitrogen and oxygen atoms in total. The largest absolute Gasteiger partial charge is 0.444 e. The molecule has 2 aromatic rings. The molecule has 20 heavy (non-hydrogen) atoms. The molecule has 0 aliphatic carbocycles. The van der Waals surface area contributed by atoms with Crippen molar-refractivity contribution in [3.8, 4) is 0 Å². The van der Waals surface area contributed by atoms with Crippen LogP contribution in [-0.2, 0) is 13.0 Å². The number of hydrogen-bond donors (Lipinski definition) is 1. The van der Waals surface area contributed by atoms with E-state index >= 15 is 0 Å². The van der Waals surface area contributed by atoms with Crippen molar-refractivity contribution in [1.29, 1.82) is 0 Å². The van der Waals surface area contributed by atoms with Gasteiger partial charge in [0.05, 0.1) is 18.4 Å². The minimum absolute atomic E-state index is 0.523. The van der Waals surface area contributed by atoms with Crippen molar-refractivity contribution in [2.24, 2.45) is 0 Å². The van der Waals surface area contributed by atoms with E-state index in [9.17, 15) is 0 Å². The fourth-order valence-electron chi connectivity index (χ4n) is 2.86. The Morgan fingerprint density at radius 3 is 3.10 bits per heavy atom. The molecule has 1 unspecified atom stereocenters. The van der Waals surface area contributed by atoms with E-state index in [-0.39, 0.29) is 0 Å². The van der Waals surface area contributed by atoms with Crippen LogP contribution in [0.2, 0.25) is 0 Å². The number of oxazole rings is 1. The highest BCUT2D eigenvalue weighted by Crippen LogP contribution is 2.26. The molecule has 5 heteroatoms. The van der Waals surface area contributed by atoms with Crippen LogP contribution in [0.1, 0.15) is 48.7 Å². The van der Waals surface area contributed by atoms with Gasteiger partial charge in [0.15, 0.2) is 0 Å². The van der Waals surface area contributed by atoms with Gasteiger partial charge in [-0.15, -0.1) is 0 Å². The Morgan fingerprint density at radius 2 is 2.40 bits per heavy atom. The summed E-state index contributed by atoms with van der Waals surface area (Å²) in [6.07, 6.45) is 5.17. The molecule has 1 saturated heterocycles. The topological polar surface area (TPSA) is 58.0 Å². The number of likely N-dealkylation sites (tertiary alicyclic amines) is 1. The van der Waals surface area contributed by atoms with Gasteiger partial charge in [-0.25, -0.2) is 4.98 Å². The third-order valence-corrected chi connectivity index (χ3v) is 3.96. The first-order valence-electron chi connectivity index (χ1n) is 7.42. The molecule has 108 valence electrons. The zero-order valence-electron chi connectivity index (χ0n) is 12.2. The second-order valence-corrected chi connectivity index (χ2v) is 5.62. The van der Waals surface area contributed by atoms with E-state index in [1.54, 1.807) is 0 Å². The molecule has 1 fully saturated rings. The summed E-state index contributed by atoms with van der Waals surface area (Å²) in [4.78, 5) is 6.77. The average molecular weight is 274 g/mol. The summed E-state index contributed by atoms with van der Waals surface area (Å²) in [5.41, 5.74) is 2.33. The van der Waals surface area contributed by atoms with Crippen LogP contribution in [0.3, 0.4) is 0 Å². The highest BCUT2D eigenvalue weighted by Gasteiger charge is 2.24. The SMILES string of the molecule is CCc1cnc(CN2CCCC(c3cc(C)[nH]n3)C2)o1. The summed E-state index contributed by atoms with van der Waals surface area (Å²) in [6.45, 7) is 7.09. The minimum atomic E-state index is 0.523. The lowest BCUT2D eigenvalue weighted by Gasteiger charge is -2.30. The van der Waals surface area contributed by atoms with Gasteiger partial charge in [-0.1, -0.05) is 6.92 Å². The number of aryl methyl sites for hydroxylation is 2. The normalized spacial score (nSPS) is 20.4. The van der Waals surface area contributed by atoms with Crippen molar-refractivity contribution in [1.82, 2.24) is 20.1 Å². The molecular formula is C15H22N4O. The summed E-state index contributed by atoms with van der Waals surface area (Å²) in [6, 6.07) is 2.16. The van der Waals surface area contributed by atoms with Gasteiger partial charge in [-0.2, -0.15) is 5.10 Å². The number of hydrogen-bond acceptors (Lipinski definition) is 4. The third-order valence-electron chi connectivity index (χ3n) is 3.96. The second-order valence-electron chi connectivity index (χ2n) is 5.62. The quantitative estimate of drug-likeness (QED) is 0.931. The molecular weight excluding hydrogens is 252 g/mol. The molecule has 0 saturated carbocycles. The molecule has 0 aromatic carbocycles. The monoisotopic (exact) mass is 274 g/mol. The summed E-state index contributed by atoms with van der Waals surface area (Å²) in [7, 11) is 0. The highest BCUT2D eigenvalue weighted by molar-refractivity contribution is 5.13. The van der Waals surface area contributed by atoms with Crippen molar-refractivity contribution in [2.45, 2.75) is 45.6 Å². The van der Waals surface area contributed by atoms with E-state index in [2.05, 4.69) is 40.0 Å². The van der Waals surface area contributed by atoms with E-state index in [4.69, 9.17) is 4.42 Å². The van der Waals surface area contributed by atoms with E-state index in [0.29, 0.717) is 5.92 Å². The van der Waals surface area contributed by atoms with Crippen LogP contribution in [-0.4, -0.2) is 33.2 Å². The Hall–Kier alpha value is -1.62. The second kappa shape index (κ2) is 5.79. The van der Waals surface area contributed by atoms with Gasteiger partial charge >= 0.3 is 0 Å². The molecule has 3 heterocycles. The number of piperidine rings is 1. The number of H-pyrrole nitrogens is 1. The molecule has 2 aromatic heterocycles. The van der Waals surface area contributed by atoms with Gasteiger partial charge in [0.25, 0.3) is 0 Å². The Morgan fingerprint density at radius 1 is 1.50 bits per heavy atom. The third kappa shape index (κ3) is 2.93. The lowest BCUT2D eigenvalue weighted by molar-refractivity contribution is 0.181. The molecule has 0 radical (unpaired) electrons. The van der Waals surface area contributed by atoms with Crippen molar-refractivity contribution in [3.63, 3.8) is 0 Å². The lowest BCUT2D eigenvalue weighted by atomic mass is 9.95. The summed E-state index contributed by atoms with van der Waals surface area (Å²) >= 11 is 0. The zero-order chi connectivity index (χ0) is 13.9. The average Bonchev–Trinajstić information content (AvgIpc) is 3.08.